The molecule has 0 aromatic heterocycles. The summed E-state index contributed by atoms with van der Waals surface area (Å²) in [7, 11) is 0. The van der Waals surface area contributed by atoms with Crippen LogP contribution in [-0.4, -0.2) is 0 Å². The minimum absolute atomic E-state index is 1.03. The Morgan fingerprint density at radius 2 is 0.151 bits per heavy atom. The van der Waals surface area contributed by atoms with Gasteiger partial charge in [-0.2, -0.15) is 0 Å². The Kier molecular flexibility index (Phi) is 21.4. The standard InChI is InChI=1S/C126H86/c1-17-49-87(50-18-1)103-81-111(119(95-65-33-9-34-66-95)123(99-73-41-13-42-74-99)115(103)91-57-25-5-26-58-91)107-85-109(113-83-105(89-53-21-3-22-54-89)117(93-61-29-7-30-62-93)125(101-77-45-15-46-78-101)121(113)97-69-37-11-38-70-97)110(114-84-106(90-55-23-4-24-56-90)118(94-63-31-8-32-64-94)126(102-79-47-16-48-80-102)122(114)98-71-39-12-40-72-98)86-108(107)112-82-104(88-51-19-2-20-52-88)116(92-59-27-6-28-60-92)124(100-75-43-14-44-76-100)120(112)96-67-35-10-36-68-96/h1-86H. The van der Waals surface area contributed by atoms with E-state index in [4.69, 9.17) is 0 Å². The lowest BCUT2D eigenvalue weighted by Gasteiger charge is -2.30. The maximum Gasteiger partial charge on any atom is -0.00143 e. The summed E-state index contributed by atoms with van der Waals surface area (Å²) in [5.74, 6) is 0. The molecular weight excluding hydrogens is 1510 g/mol. The highest BCUT2D eigenvalue weighted by molar-refractivity contribution is 6.18. The van der Waals surface area contributed by atoms with E-state index in [0.29, 0.717) is 0 Å². The van der Waals surface area contributed by atoms with Crippen LogP contribution in [0.1, 0.15) is 0 Å². The minimum atomic E-state index is 1.03. The van der Waals surface area contributed by atoms with Crippen molar-refractivity contribution in [3.63, 3.8) is 0 Å². The van der Waals surface area contributed by atoms with Gasteiger partial charge in [0.2, 0.25) is 0 Å². The molecule has 0 atom stereocenters. The lowest BCUT2D eigenvalue weighted by molar-refractivity contribution is 1.49. The zero-order valence-electron chi connectivity index (χ0n) is 69.7. The van der Waals surface area contributed by atoms with E-state index in [2.05, 4.69) is 522 Å². The Balaban J connectivity index is 1.09. The molecule has 0 saturated heterocycles. The quantitative estimate of drug-likeness (QED) is 0.0713. The third kappa shape index (κ3) is 14.8. The molecule has 590 valence electrons. The monoisotopic (exact) mass is 1600 g/mol. The molecule has 0 radical (unpaired) electrons. The predicted molar refractivity (Wildman–Crippen MR) is 535 cm³/mol. The molecule has 0 heteroatoms. The highest BCUT2D eigenvalue weighted by atomic mass is 14.4. The fourth-order valence-electron chi connectivity index (χ4n) is 19.3. The van der Waals surface area contributed by atoms with Crippen LogP contribution in [0.5, 0.6) is 0 Å². The third-order valence-electron chi connectivity index (χ3n) is 24.7. The van der Waals surface area contributed by atoms with Crippen molar-refractivity contribution >= 4 is 0 Å². The van der Waals surface area contributed by atoms with Crippen molar-refractivity contribution < 1.29 is 0 Å². The van der Waals surface area contributed by atoms with Crippen molar-refractivity contribution in [3.05, 3.63) is 522 Å². The van der Waals surface area contributed by atoms with Crippen LogP contribution in [-0.2, 0) is 0 Å². The van der Waals surface area contributed by atoms with Crippen LogP contribution in [0, 0.1) is 0 Å². The van der Waals surface area contributed by atoms with Crippen LogP contribution in [0.25, 0.3) is 223 Å². The summed E-state index contributed by atoms with van der Waals surface area (Å²) >= 11 is 0. The van der Waals surface area contributed by atoms with Crippen LogP contribution in [0.2, 0.25) is 0 Å². The fraction of sp³-hybridized carbons (Fsp3) is 0. The summed E-state index contributed by atoms with van der Waals surface area (Å²) in [5, 5.41) is 0. The summed E-state index contributed by atoms with van der Waals surface area (Å²) in [6.45, 7) is 0. The topological polar surface area (TPSA) is 0 Å². The molecule has 21 aromatic rings. The molecule has 21 aromatic carbocycles. The maximum absolute atomic E-state index is 2.68. The highest BCUT2D eigenvalue weighted by Gasteiger charge is 2.35. The first-order valence-corrected chi connectivity index (χ1v) is 43.5. The lowest BCUT2D eigenvalue weighted by Crippen LogP contribution is -2.04. The largest absolute Gasteiger partial charge is 0.0622 e. The second-order valence-electron chi connectivity index (χ2n) is 32.2. The Morgan fingerprint density at radius 3 is 0.270 bits per heavy atom. The number of hydrogen-bond acceptors (Lipinski definition) is 0. The SMILES string of the molecule is c1ccc(-c2cc(-c3cc(-c4cc(-c5ccccc5)c(-c5ccccc5)c(-c5ccccc5)c4-c4ccccc4)c(-c4cc(-c5ccccc5)c(-c5ccccc5)c(-c5ccccc5)c4-c4ccccc4)cc3-c3cc(-c4ccccc4)c(-c4ccccc4)c(-c4ccccc4)c3-c3ccccc3)c(-c3ccccc3)c(-c3ccccc3)c2-c2ccccc2)cc1. The van der Waals surface area contributed by atoms with Gasteiger partial charge in [0.1, 0.15) is 0 Å². The molecule has 126 heavy (non-hydrogen) atoms. The second-order valence-corrected chi connectivity index (χ2v) is 32.2. The fourth-order valence-corrected chi connectivity index (χ4v) is 19.3. The van der Waals surface area contributed by atoms with E-state index in [9.17, 15) is 0 Å². The second kappa shape index (κ2) is 35.0. The van der Waals surface area contributed by atoms with Gasteiger partial charge >= 0.3 is 0 Å². The molecule has 0 unspecified atom stereocenters. The van der Waals surface area contributed by atoms with Crippen LogP contribution in [0.3, 0.4) is 0 Å². The molecule has 0 amide bonds. The summed E-state index contributed by atoms with van der Waals surface area (Å²) < 4.78 is 0. The van der Waals surface area contributed by atoms with Gasteiger partial charge in [0.05, 0.1) is 0 Å². The van der Waals surface area contributed by atoms with Gasteiger partial charge in [-0.25, -0.2) is 0 Å². The highest BCUT2D eigenvalue weighted by Crippen LogP contribution is 2.61. The van der Waals surface area contributed by atoms with E-state index in [1.54, 1.807) is 0 Å². The molecule has 21 rings (SSSR count). The third-order valence-corrected chi connectivity index (χ3v) is 24.7. The van der Waals surface area contributed by atoms with Crippen molar-refractivity contribution in [1.29, 1.82) is 0 Å². The van der Waals surface area contributed by atoms with Gasteiger partial charge in [-0.05, 0) is 259 Å². The van der Waals surface area contributed by atoms with Gasteiger partial charge < -0.3 is 0 Å². The molecule has 0 heterocycles. The summed E-state index contributed by atoms with van der Waals surface area (Å²) in [4.78, 5) is 0. The Bertz CT molecular complexity index is 6490. The van der Waals surface area contributed by atoms with Crippen LogP contribution in [0.4, 0.5) is 0 Å². The summed E-state index contributed by atoms with van der Waals surface area (Å²) in [5.41, 5.74) is 43.7. The molecule has 0 aliphatic carbocycles. The van der Waals surface area contributed by atoms with Crippen LogP contribution < -0.4 is 0 Å². The maximum atomic E-state index is 2.68. The number of hydrogen-bond donors (Lipinski definition) is 0. The first-order valence-electron chi connectivity index (χ1n) is 43.5. The van der Waals surface area contributed by atoms with Crippen molar-refractivity contribution in [1.82, 2.24) is 0 Å². The van der Waals surface area contributed by atoms with Crippen LogP contribution in [0.15, 0.2) is 522 Å². The van der Waals surface area contributed by atoms with E-state index in [1.807, 2.05) is 0 Å². The minimum Gasteiger partial charge on any atom is -0.0622 e. The van der Waals surface area contributed by atoms with Gasteiger partial charge in [0.15, 0.2) is 0 Å². The molecule has 0 aliphatic rings. The molecule has 0 N–H and O–H groups in total. The molecule has 0 spiro atoms. The van der Waals surface area contributed by atoms with Crippen molar-refractivity contribution in [3.8, 4) is 223 Å². The average Bonchev–Trinajstić information content (AvgIpc) is 0.705. The molecular formula is C126H86. The van der Waals surface area contributed by atoms with E-state index in [-0.39, 0.29) is 0 Å². The van der Waals surface area contributed by atoms with Gasteiger partial charge in [-0.1, -0.05) is 485 Å². The first kappa shape index (κ1) is 77.0. The molecule has 0 saturated carbocycles. The van der Waals surface area contributed by atoms with E-state index in [0.717, 1.165) is 223 Å². The van der Waals surface area contributed by atoms with Crippen molar-refractivity contribution in [2.24, 2.45) is 0 Å². The molecule has 0 bridgehead atoms. The lowest BCUT2D eigenvalue weighted by atomic mass is 9.72. The smallest absolute Gasteiger partial charge is 0.00143 e. The molecule has 0 fully saturated rings. The van der Waals surface area contributed by atoms with Gasteiger partial charge in [-0.15, -0.1) is 0 Å². The Labute approximate surface area is 739 Å². The van der Waals surface area contributed by atoms with E-state index >= 15 is 0 Å². The predicted octanol–water partition coefficient (Wildman–Crippen LogP) is 35.0. The molecule has 0 nitrogen and oxygen atoms in total. The zero-order valence-corrected chi connectivity index (χ0v) is 69.7. The zero-order chi connectivity index (χ0) is 83.9. The Hall–Kier alpha value is -16.4. The average molecular weight is 1600 g/mol. The van der Waals surface area contributed by atoms with Crippen molar-refractivity contribution in [2.45, 2.75) is 0 Å². The summed E-state index contributed by atoms with van der Waals surface area (Å²) in [6, 6.07) is 195. The first-order chi connectivity index (χ1) is 62.6. The van der Waals surface area contributed by atoms with E-state index < -0.39 is 0 Å². The van der Waals surface area contributed by atoms with Crippen LogP contribution >= 0.6 is 0 Å². The number of benzene rings is 21. The Morgan fingerprint density at radius 1 is 0.0635 bits per heavy atom. The van der Waals surface area contributed by atoms with Gasteiger partial charge in [-0.3, -0.25) is 0 Å². The van der Waals surface area contributed by atoms with E-state index in [1.165, 1.54) is 0 Å². The summed E-state index contributed by atoms with van der Waals surface area (Å²) in [6.07, 6.45) is 0. The van der Waals surface area contributed by atoms with Gasteiger partial charge in [0, 0.05) is 0 Å². The molecule has 0 aliphatic heterocycles. The number of rotatable bonds is 20. The van der Waals surface area contributed by atoms with Gasteiger partial charge in [0.25, 0.3) is 0 Å². The van der Waals surface area contributed by atoms with Crippen molar-refractivity contribution in [2.75, 3.05) is 0 Å². The normalized spacial score (nSPS) is 11.2.